The number of rotatable bonds is 4. The largest absolute Gasteiger partial charge is 0.241 e. The minimum atomic E-state index is -3.61. The minimum absolute atomic E-state index is 0.196. The predicted octanol–water partition coefficient (Wildman–Crippen LogP) is 4.57. The molecule has 0 unspecified atom stereocenters. The van der Waals surface area contributed by atoms with Gasteiger partial charge < -0.3 is 0 Å². The van der Waals surface area contributed by atoms with Crippen LogP contribution in [0.5, 0.6) is 0 Å². The van der Waals surface area contributed by atoms with Gasteiger partial charge in [-0.05, 0) is 65.7 Å². The first-order valence-electron chi connectivity index (χ1n) is 6.83. The Morgan fingerprint density at radius 2 is 2.00 bits per heavy atom. The Kier molecular flexibility index (Phi) is 5.64. The number of alkyl halides is 1. The maximum atomic E-state index is 12.6. The van der Waals surface area contributed by atoms with Crippen LogP contribution < -0.4 is 4.72 Å². The SMILES string of the molecule is CC1CCC(CCl)(NS(=O)(=O)c2ccc(Cl)c(Br)c2)CC1. The van der Waals surface area contributed by atoms with Gasteiger partial charge in [0.05, 0.1) is 9.92 Å². The third kappa shape index (κ3) is 4.14. The molecule has 21 heavy (non-hydrogen) atoms. The zero-order valence-corrected chi connectivity index (χ0v) is 15.6. The summed E-state index contributed by atoms with van der Waals surface area (Å²) in [6, 6.07) is 4.58. The highest BCUT2D eigenvalue weighted by Gasteiger charge is 2.37. The van der Waals surface area contributed by atoms with E-state index in [0.717, 1.165) is 25.7 Å². The molecule has 0 aliphatic heterocycles. The molecular weight excluding hydrogens is 397 g/mol. The number of halogens is 3. The molecule has 0 atom stereocenters. The van der Waals surface area contributed by atoms with Crippen LogP contribution in [-0.4, -0.2) is 19.8 Å². The van der Waals surface area contributed by atoms with Gasteiger partial charge in [0, 0.05) is 15.9 Å². The third-order valence-electron chi connectivity index (χ3n) is 4.04. The zero-order valence-electron chi connectivity index (χ0n) is 11.7. The molecule has 1 aliphatic carbocycles. The summed E-state index contributed by atoms with van der Waals surface area (Å²) in [5, 5.41) is 0.479. The van der Waals surface area contributed by atoms with Crippen molar-refractivity contribution in [3.05, 3.63) is 27.7 Å². The van der Waals surface area contributed by atoms with Gasteiger partial charge in [-0.25, -0.2) is 13.1 Å². The lowest BCUT2D eigenvalue weighted by Crippen LogP contribution is -2.51. The van der Waals surface area contributed by atoms with E-state index in [4.69, 9.17) is 23.2 Å². The molecule has 0 bridgehead atoms. The fourth-order valence-corrected chi connectivity index (χ4v) is 5.11. The van der Waals surface area contributed by atoms with Crippen molar-refractivity contribution in [2.24, 2.45) is 5.92 Å². The summed E-state index contributed by atoms with van der Waals surface area (Å²) in [6.45, 7) is 2.18. The van der Waals surface area contributed by atoms with Gasteiger partial charge in [-0.2, -0.15) is 0 Å². The van der Waals surface area contributed by atoms with E-state index in [2.05, 4.69) is 27.6 Å². The van der Waals surface area contributed by atoms with Crippen LogP contribution in [-0.2, 0) is 10.0 Å². The molecule has 0 amide bonds. The molecule has 1 aromatic rings. The van der Waals surface area contributed by atoms with Gasteiger partial charge in [-0.1, -0.05) is 18.5 Å². The van der Waals surface area contributed by atoms with Gasteiger partial charge in [0.15, 0.2) is 0 Å². The van der Waals surface area contributed by atoms with Gasteiger partial charge >= 0.3 is 0 Å². The van der Waals surface area contributed by atoms with Crippen LogP contribution in [0.25, 0.3) is 0 Å². The van der Waals surface area contributed by atoms with Crippen molar-refractivity contribution in [2.45, 2.75) is 43.0 Å². The van der Waals surface area contributed by atoms with Crippen molar-refractivity contribution >= 4 is 49.2 Å². The van der Waals surface area contributed by atoms with Crippen molar-refractivity contribution in [1.82, 2.24) is 4.72 Å². The second-order valence-electron chi connectivity index (χ2n) is 5.78. The number of hydrogen-bond donors (Lipinski definition) is 1. The van der Waals surface area contributed by atoms with Crippen LogP contribution in [0.2, 0.25) is 5.02 Å². The monoisotopic (exact) mass is 413 g/mol. The second-order valence-corrected chi connectivity index (χ2v) is 8.99. The van der Waals surface area contributed by atoms with Crippen LogP contribution in [0.1, 0.15) is 32.6 Å². The molecule has 7 heteroatoms. The highest BCUT2D eigenvalue weighted by molar-refractivity contribution is 9.10. The van der Waals surface area contributed by atoms with E-state index < -0.39 is 15.6 Å². The predicted molar refractivity (Wildman–Crippen MR) is 90.6 cm³/mol. The lowest BCUT2D eigenvalue weighted by molar-refractivity contribution is 0.247. The van der Waals surface area contributed by atoms with E-state index in [-0.39, 0.29) is 10.8 Å². The highest BCUT2D eigenvalue weighted by atomic mass is 79.9. The standard InChI is InChI=1S/C14H18BrCl2NO2S/c1-10-4-6-14(9-16,7-5-10)18-21(19,20)11-2-3-13(17)12(15)8-11/h2-3,8,10,18H,4-7,9H2,1H3. The van der Waals surface area contributed by atoms with Crippen molar-refractivity contribution in [3.8, 4) is 0 Å². The topological polar surface area (TPSA) is 46.2 Å². The number of sulfonamides is 1. The molecule has 0 heterocycles. The van der Waals surface area contributed by atoms with E-state index in [1.807, 2.05) is 0 Å². The first-order valence-corrected chi connectivity index (χ1v) is 10.0. The van der Waals surface area contributed by atoms with Crippen LogP contribution in [0.3, 0.4) is 0 Å². The number of nitrogens with one attached hydrogen (secondary N) is 1. The maximum absolute atomic E-state index is 12.6. The summed E-state index contributed by atoms with van der Waals surface area (Å²) < 4.78 is 28.5. The second kappa shape index (κ2) is 6.75. The molecule has 0 radical (unpaired) electrons. The minimum Gasteiger partial charge on any atom is -0.207 e. The maximum Gasteiger partial charge on any atom is 0.241 e. The Morgan fingerprint density at radius 1 is 1.38 bits per heavy atom. The summed E-state index contributed by atoms with van der Waals surface area (Å²) in [6.07, 6.45) is 3.51. The fraction of sp³-hybridized carbons (Fsp3) is 0.571. The molecule has 2 rings (SSSR count). The Morgan fingerprint density at radius 3 is 2.52 bits per heavy atom. The first-order chi connectivity index (χ1) is 9.78. The van der Waals surface area contributed by atoms with Gasteiger partial charge in [-0.3, -0.25) is 0 Å². The molecule has 118 valence electrons. The molecule has 1 saturated carbocycles. The summed E-state index contributed by atoms with van der Waals surface area (Å²) in [7, 11) is -3.61. The molecule has 1 aliphatic rings. The van der Waals surface area contributed by atoms with Gasteiger partial charge in [0.2, 0.25) is 10.0 Å². The van der Waals surface area contributed by atoms with Crippen LogP contribution in [0, 0.1) is 5.92 Å². The summed E-state index contributed by atoms with van der Waals surface area (Å²) in [4.78, 5) is 0.196. The normalized spacial score (nSPS) is 26.8. The van der Waals surface area contributed by atoms with Gasteiger partial charge in [0.25, 0.3) is 0 Å². The Labute approximate surface area is 144 Å². The summed E-state index contributed by atoms with van der Waals surface area (Å²) >= 11 is 15.2. The van der Waals surface area contributed by atoms with E-state index in [1.165, 1.54) is 12.1 Å². The van der Waals surface area contributed by atoms with Crippen molar-refractivity contribution < 1.29 is 8.42 Å². The Hall–Kier alpha value is 0.190. The lowest BCUT2D eigenvalue weighted by Gasteiger charge is -2.38. The van der Waals surface area contributed by atoms with Crippen molar-refractivity contribution in [3.63, 3.8) is 0 Å². The quantitative estimate of drug-likeness (QED) is 0.733. The highest BCUT2D eigenvalue weighted by Crippen LogP contribution is 2.34. The van der Waals surface area contributed by atoms with E-state index in [0.29, 0.717) is 15.4 Å². The van der Waals surface area contributed by atoms with Crippen molar-refractivity contribution in [1.29, 1.82) is 0 Å². The van der Waals surface area contributed by atoms with E-state index in [1.54, 1.807) is 6.07 Å². The Balaban J connectivity index is 2.25. The van der Waals surface area contributed by atoms with E-state index in [9.17, 15) is 8.42 Å². The van der Waals surface area contributed by atoms with Crippen LogP contribution >= 0.6 is 39.1 Å². The molecule has 0 aromatic heterocycles. The average Bonchev–Trinajstić information content (AvgIpc) is 2.44. The fourth-order valence-electron chi connectivity index (χ4n) is 2.57. The molecule has 1 aromatic carbocycles. The first kappa shape index (κ1) is 17.5. The summed E-state index contributed by atoms with van der Waals surface area (Å²) in [5.41, 5.74) is -0.543. The van der Waals surface area contributed by atoms with E-state index >= 15 is 0 Å². The molecule has 1 fully saturated rings. The molecule has 1 N–H and O–H groups in total. The van der Waals surface area contributed by atoms with Crippen LogP contribution in [0.4, 0.5) is 0 Å². The van der Waals surface area contributed by atoms with Crippen molar-refractivity contribution in [2.75, 3.05) is 5.88 Å². The van der Waals surface area contributed by atoms with Crippen LogP contribution in [0.15, 0.2) is 27.6 Å². The molecule has 0 spiro atoms. The lowest BCUT2D eigenvalue weighted by atomic mass is 9.79. The zero-order chi connectivity index (χ0) is 15.7. The smallest absolute Gasteiger partial charge is 0.207 e. The number of benzene rings is 1. The molecular formula is C14H18BrCl2NO2S. The summed E-state index contributed by atoms with van der Waals surface area (Å²) in [5.74, 6) is 0.906. The Bertz CT molecular complexity index is 613. The average molecular weight is 415 g/mol. The third-order valence-corrected chi connectivity index (χ3v) is 7.34. The molecule has 0 saturated heterocycles. The van der Waals surface area contributed by atoms with Gasteiger partial charge in [0.1, 0.15) is 0 Å². The number of hydrogen-bond acceptors (Lipinski definition) is 2. The van der Waals surface area contributed by atoms with Gasteiger partial charge in [-0.15, -0.1) is 11.6 Å². The molecule has 3 nitrogen and oxygen atoms in total.